The average molecular weight is 294 g/mol. The molecule has 1 aromatic rings. The molecule has 2 rings (SSSR count). The van der Waals surface area contributed by atoms with Gasteiger partial charge in [-0.15, -0.1) is 0 Å². The summed E-state index contributed by atoms with van der Waals surface area (Å²) in [5, 5.41) is 3.07. The molecule has 1 aliphatic heterocycles. The molecule has 4 nitrogen and oxygen atoms in total. The predicted octanol–water partition coefficient (Wildman–Crippen LogP) is 2.38. The van der Waals surface area contributed by atoms with Crippen molar-refractivity contribution < 1.29 is 9.53 Å². The predicted molar refractivity (Wildman–Crippen MR) is 83.6 cm³/mol. The summed E-state index contributed by atoms with van der Waals surface area (Å²) in [6.07, 6.45) is 0.811. The highest BCUT2D eigenvalue weighted by Crippen LogP contribution is 2.14. The van der Waals surface area contributed by atoms with Gasteiger partial charge in [0, 0.05) is 30.6 Å². The lowest BCUT2D eigenvalue weighted by Gasteiger charge is -2.28. The molecule has 1 atom stereocenters. The first-order chi connectivity index (χ1) is 9.69. The fourth-order valence-electron chi connectivity index (χ4n) is 2.27. The van der Waals surface area contributed by atoms with Gasteiger partial charge in [0.05, 0.1) is 7.11 Å². The fourth-order valence-corrected chi connectivity index (χ4v) is 3.18. The molecule has 2 amide bonds. The average Bonchev–Trinajstić information content (AvgIpc) is 2.48. The van der Waals surface area contributed by atoms with E-state index in [1.165, 1.54) is 5.56 Å². The minimum absolute atomic E-state index is 0.0562. The van der Waals surface area contributed by atoms with Crippen molar-refractivity contribution >= 4 is 17.8 Å². The Morgan fingerprint density at radius 3 is 2.90 bits per heavy atom. The number of nitrogens with zero attached hydrogens (tertiary/aromatic N) is 1. The molecule has 0 radical (unpaired) electrons. The van der Waals surface area contributed by atoms with Gasteiger partial charge in [-0.3, -0.25) is 0 Å². The van der Waals surface area contributed by atoms with Gasteiger partial charge in [0.25, 0.3) is 0 Å². The topological polar surface area (TPSA) is 41.6 Å². The Labute approximate surface area is 124 Å². The van der Waals surface area contributed by atoms with E-state index in [0.717, 1.165) is 36.8 Å². The van der Waals surface area contributed by atoms with Crippen LogP contribution in [0, 0.1) is 0 Å². The summed E-state index contributed by atoms with van der Waals surface area (Å²) in [5.41, 5.74) is 1.17. The van der Waals surface area contributed by atoms with Gasteiger partial charge in [-0.25, -0.2) is 4.79 Å². The van der Waals surface area contributed by atoms with Crippen molar-refractivity contribution in [1.82, 2.24) is 10.2 Å². The highest BCUT2D eigenvalue weighted by molar-refractivity contribution is 7.99. The third-order valence-corrected chi connectivity index (χ3v) is 4.29. The number of urea groups is 1. The van der Waals surface area contributed by atoms with E-state index in [-0.39, 0.29) is 12.1 Å². The molecule has 110 valence electrons. The number of nitrogens with one attached hydrogen (secondary N) is 1. The monoisotopic (exact) mass is 294 g/mol. The van der Waals surface area contributed by atoms with Crippen LogP contribution in [0.2, 0.25) is 0 Å². The molecule has 0 aliphatic carbocycles. The zero-order chi connectivity index (χ0) is 14.4. The maximum atomic E-state index is 12.1. The lowest BCUT2D eigenvalue weighted by molar-refractivity contribution is 0.199. The van der Waals surface area contributed by atoms with Crippen molar-refractivity contribution in [3.05, 3.63) is 29.8 Å². The van der Waals surface area contributed by atoms with E-state index >= 15 is 0 Å². The van der Waals surface area contributed by atoms with E-state index in [1.807, 2.05) is 41.8 Å². The first-order valence-corrected chi connectivity index (χ1v) is 8.10. The van der Waals surface area contributed by atoms with Gasteiger partial charge in [-0.1, -0.05) is 12.1 Å². The van der Waals surface area contributed by atoms with Crippen molar-refractivity contribution in [1.29, 1.82) is 0 Å². The smallest absolute Gasteiger partial charge is 0.317 e. The van der Waals surface area contributed by atoms with E-state index in [1.54, 1.807) is 7.11 Å². The molecule has 0 spiro atoms. The zero-order valence-electron chi connectivity index (χ0n) is 12.1. The van der Waals surface area contributed by atoms with Gasteiger partial charge in [-0.2, -0.15) is 11.8 Å². The molecule has 0 unspecified atom stereocenters. The summed E-state index contributed by atoms with van der Waals surface area (Å²) in [5.74, 6) is 2.93. The molecule has 1 fully saturated rings. The maximum absolute atomic E-state index is 12.1. The summed E-state index contributed by atoms with van der Waals surface area (Å²) in [7, 11) is 1.67. The molecule has 1 N–H and O–H groups in total. The highest BCUT2D eigenvalue weighted by atomic mass is 32.2. The molecular formula is C15H22N2O2S. The summed E-state index contributed by atoms with van der Waals surface area (Å²) in [4.78, 5) is 14.0. The molecule has 1 aliphatic rings. The molecule has 0 aromatic heterocycles. The fraction of sp³-hybridized carbons (Fsp3) is 0.533. The number of carbonyl (C=O) groups excluding carboxylic acids is 1. The van der Waals surface area contributed by atoms with Gasteiger partial charge in [0.2, 0.25) is 0 Å². The molecule has 5 heteroatoms. The van der Waals surface area contributed by atoms with Crippen LogP contribution in [0.1, 0.15) is 12.5 Å². The van der Waals surface area contributed by atoms with Gasteiger partial charge in [-0.05, 0) is 31.0 Å². The summed E-state index contributed by atoms with van der Waals surface area (Å²) in [6, 6.07) is 8.15. The van der Waals surface area contributed by atoms with Crippen molar-refractivity contribution in [2.24, 2.45) is 0 Å². The quantitative estimate of drug-likeness (QED) is 0.927. The van der Waals surface area contributed by atoms with Crippen molar-refractivity contribution in [2.75, 3.05) is 31.7 Å². The van der Waals surface area contributed by atoms with E-state index in [9.17, 15) is 4.79 Å². The maximum Gasteiger partial charge on any atom is 0.317 e. The molecule has 0 bridgehead atoms. The van der Waals surface area contributed by atoms with E-state index in [0.29, 0.717) is 0 Å². The number of rotatable bonds is 4. The minimum Gasteiger partial charge on any atom is -0.497 e. The number of methoxy groups -OCH3 is 1. The third kappa shape index (κ3) is 4.34. The van der Waals surface area contributed by atoms with Crippen LogP contribution < -0.4 is 10.1 Å². The standard InChI is InChI=1S/C15H22N2O2S/c1-12(10-13-4-3-5-14(11-13)19-2)16-15(18)17-6-8-20-9-7-17/h3-5,11-12H,6-10H2,1-2H3,(H,16,18)/t12-/m0/s1. The SMILES string of the molecule is COc1cccc(C[C@H](C)NC(=O)N2CCSCC2)c1. The van der Waals surface area contributed by atoms with Crippen LogP contribution in [0.25, 0.3) is 0 Å². The van der Waals surface area contributed by atoms with Crippen LogP contribution in [0.15, 0.2) is 24.3 Å². The Bertz CT molecular complexity index is 447. The molecule has 20 heavy (non-hydrogen) atoms. The van der Waals surface area contributed by atoms with Crippen LogP contribution >= 0.6 is 11.8 Å². The normalized spacial score (nSPS) is 16.6. The molecule has 1 saturated heterocycles. The minimum atomic E-state index is 0.0562. The number of benzene rings is 1. The Kier molecular flexibility index (Phi) is 5.59. The number of amides is 2. The number of carbonyl (C=O) groups is 1. The van der Waals surface area contributed by atoms with E-state index in [2.05, 4.69) is 11.4 Å². The molecular weight excluding hydrogens is 272 g/mol. The Morgan fingerprint density at radius 2 is 2.20 bits per heavy atom. The Hall–Kier alpha value is -1.36. The van der Waals surface area contributed by atoms with Gasteiger partial charge in [0.15, 0.2) is 0 Å². The first kappa shape index (κ1) is 15.0. The van der Waals surface area contributed by atoms with Gasteiger partial charge >= 0.3 is 6.03 Å². The number of thioether (sulfide) groups is 1. The van der Waals surface area contributed by atoms with Crippen LogP contribution in [0.4, 0.5) is 4.79 Å². The van der Waals surface area contributed by atoms with Crippen molar-refractivity contribution in [2.45, 2.75) is 19.4 Å². The zero-order valence-corrected chi connectivity index (χ0v) is 12.9. The van der Waals surface area contributed by atoms with Gasteiger partial charge in [0.1, 0.15) is 5.75 Å². The lowest BCUT2D eigenvalue weighted by atomic mass is 10.1. The summed E-state index contributed by atoms with van der Waals surface area (Å²) < 4.78 is 5.21. The molecule has 1 aromatic carbocycles. The van der Waals surface area contributed by atoms with Crippen LogP contribution in [0.3, 0.4) is 0 Å². The highest BCUT2D eigenvalue weighted by Gasteiger charge is 2.18. The third-order valence-electron chi connectivity index (χ3n) is 3.34. The molecule has 1 heterocycles. The number of ether oxygens (including phenoxy) is 1. The lowest BCUT2D eigenvalue weighted by Crippen LogP contribution is -2.47. The Balaban J connectivity index is 1.84. The van der Waals surface area contributed by atoms with E-state index in [4.69, 9.17) is 4.74 Å². The first-order valence-electron chi connectivity index (χ1n) is 6.95. The van der Waals surface area contributed by atoms with Crippen LogP contribution in [0.5, 0.6) is 5.75 Å². The summed E-state index contributed by atoms with van der Waals surface area (Å²) in [6.45, 7) is 3.74. The van der Waals surface area contributed by atoms with Gasteiger partial charge < -0.3 is 15.0 Å². The van der Waals surface area contributed by atoms with E-state index < -0.39 is 0 Å². The molecule has 0 saturated carbocycles. The second-order valence-corrected chi connectivity index (χ2v) is 6.23. The number of hydrogen-bond acceptors (Lipinski definition) is 3. The largest absolute Gasteiger partial charge is 0.497 e. The summed E-state index contributed by atoms with van der Waals surface area (Å²) >= 11 is 1.91. The Morgan fingerprint density at radius 1 is 1.45 bits per heavy atom. The van der Waals surface area contributed by atoms with Crippen LogP contribution in [-0.4, -0.2) is 48.7 Å². The second kappa shape index (κ2) is 7.43. The second-order valence-electron chi connectivity index (χ2n) is 5.01. The van der Waals surface area contributed by atoms with Crippen LogP contribution in [-0.2, 0) is 6.42 Å². The number of hydrogen-bond donors (Lipinski definition) is 1. The van der Waals surface area contributed by atoms with Crippen molar-refractivity contribution in [3.63, 3.8) is 0 Å². The van der Waals surface area contributed by atoms with Crippen molar-refractivity contribution in [3.8, 4) is 5.75 Å².